The van der Waals surface area contributed by atoms with E-state index in [2.05, 4.69) is 21.2 Å². The first kappa shape index (κ1) is 19.4. The molecule has 1 aliphatic heterocycles. The Labute approximate surface area is 153 Å². The largest absolute Gasteiger partial charge is 0.444 e. The van der Waals surface area contributed by atoms with Crippen molar-refractivity contribution in [1.82, 2.24) is 5.32 Å². The molecule has 0 spiro atoms. The molecular weight excluding hydrogens is 397 g/mol. The second kappa shape index (κ2) is 7.55. The lowest BCUT2D eigenvalue weighted by Gasteiger charge is -2.34. The number of ether oxygens (including phenoxy) is 1. The third-order valence-electron chi connectivity index (χ3n) is 3.70. The number of nitro benzene ring substituents is 1. The summed E-state index contributed by atoms with van der Waals surface area (Å²) < 4.78 is 19.1. The highest BCUT2D eigenvalue weighted by molar-refractivity contribution is 9.10. The molecule has 9 heteroatoms. The topological polar surface area (TPSA) is 84.7 Å². The molecule has 1 heterocycles. The van der Waals surface area contributed by atoms with Crippen LogP contribution in [0.4, 0.5) is 20.6 Å². The lowest BCUT2D eigenvalue weighted by Crippen LogP contribution is -2.49. The molecule has 0 aliphatic carbocycles. The molecule has 2 rings (SSSR count). The van der Waals surface area contributed by atoms with Gasteiger partial charge in [0, 0.05) is 19.1 Å². The normalized spacial score (nSPS) is 18.0. The molecule has 1 aromatic carbocycles. The van der Waals surface area contributed by atoms with E-state index in [1.807, 2.05) is 0 Å². The Balaban J connectivity index is 2.15. The van der Waals surface area contributed by atoms with Crippen LogP contribution in [0.2, 0.25) is 0 Å². The molecule has 1 saturated heterocycles. The zero-order valence-electron chi connectivity index (χ0n) is 14.3. The van der Waals surface area contributed by atoms with Crippen molar-refractivity contribution in [3.63, 3.8) is 0 Å². The van der Waals surface area contributed by atoms with E-state index in [1.54, 1.807) is 25.7 Å². The van der Waals surface area contributed by atoms with Crippen LogP contribution in [0.5, 0.6) is 0 Å². The van der Waals surface area contributed by atoms with E-state index in [-0.39, 0.29) is 16.2 Å². The lowest BCUT2D eigenvalue weighted by molar-refractivity contribution is -0.384. The molecule has 0 bridgehead atoms. The second-order valence-electron chi connectivity index (χ2n) is 6.94. The first-order valence-electron chi connectivity index (χ1n) is 7.95. The maximum Gasteiger partial charge on any atom is 0.407 e. The molecule has 1 aliphatic rings. The fourth-order valence-electron chi connectivity index (χ4n) is 2.71. The smallest absolute Gasteiger partial charge is 0.407 e. The van der Waals surface area contributed by atoms with Crippen molar-refractivity contribution >= 4 is 33.4 Å². The summed E-state index contributed by atoms with van der Waals surface area (Å²) in [4.78, 5) is 24.4. The minimum absolute atomic E-state index is 0.162. The second-order valence-corrected chi connectivity index (χ2v) is 7.80. The summed E-state index contributed by atoms with van der Waals surface area (Å²) in [7, 11) is 0. The van der Waals surface area contributed by atoms with Crippen molar-refractivity contribution < 1.29 is 18.8 Å². The first-order valence-corrected chi connectivity index (χ1v) is 8.74. The fraction of sp³-hybridized carbons (Fsp3) is 0.562. The molecule has 7 nitrogen and oxygen atoms in total. The van der Waals surface area contributed by atoms with Crippen LogP contribution in [-0.2, 0) is 4.74 Å². The van der Waals surface area contributed by atoms with Crippen LogP contribution < -0.4 is 10.2 Å². The third kappa shape index (κ3) is 5.29. The highest BCUT2D eigenvalue weighted by Gasteiger charge is 2.28. The molecule has 1 atom stereocenters. The molecule has 1 unspecified atom stereocenters. The third-order valence-corrected chi connectivity index (χ3v) is 4.30. The molecule has 0 saturated carbocycles. The summed E-state index contributed by atoms with van der Waals surface area (Å²) in [6.07, 6.45) is 0.965. The van der Waals surface area contributed by atoms with Gasteiger partial charge >= 0.3 is 6.09 Å². The van der Waals surface area contributed by atoms with Gasteiger partial charge in [-0.2, -0.15) is 0 Å². The molecule has 0 radical (unpaired) electrons. The summed E-state index contributed by atoms with van der Waals surface area (Å²) in [5.41, 5.74) is -0.563. The average Bonchev–Trinajstić information content (AvgIpc) is 2.47. The Morgan fingerprint density at radius 1 is 1.48 bits per heavy atom. The highest BCUT2D eigenvalue weighted by atomic mass is 79.9. The summed E-state index contributed by atoms with van der Waals surface area (Å²) in [6.45, 7) is 6.31. The number of carbonyl (C=O) groups excluding carboxylic acids is 1. The SMILES string of the molecule is CC(C)(C)OC(=O)NC1CCCN(c2cc(Br)c(F)cc2[N+](=O)[O-])C1. The Kier molecular flexibility index (Phi) is 5.87. The fourth-order valence-corrected chi connectivity index (χ4v) is 3.04. The van der Waals surface area contributed by atoms with Gasteiger partial charge in [0.15, 0.2) is 0 Å². The van der Waals surface area contributed by atoms with Gasteiger partial charge in [0.1, 0.15) is 17.1 Å². The molecule has 0 aromatic heterocycles. The van der Waals surface area contributed by atoms with Crippen molar-refractivity contribution in [1.29, 1.82) is 0 Å². The van der Waals surface area contributed by atoms with Crippen molar-refractivity contribution in [2.45, 2.75) is 45.3 Å². The Morgan fingerprint density at radius 2 is 2.16 bits per heavy atom. The molecular formula is C16H21BrFN3O4. The van der Waals surface area contributed by atoms with Gasteiger partial charge in [-0.3, -0.25) is 10.1 Å². The zero-order valence-corrected chi connectivity index (χ0v) is 15.9. The number of nitro groups is 1. The van der Waals surface area contributed by atoms with Crippen LogP contribution >= 0.6 is 15.9 Å². The number of anilines is 1. The van der Waals surface area contributed by atoms with Crippen LogP contribution in [0, 0.1) is 15.9 Å². The summed E-state index contributed by atoms with van der Waals surface area (Å²) >= 11 is 3.07. The van der Waals surface area contributed by atoms with Crippen LogP contribution in [-0.4, -0.2) is 35.7 Å². The monoisotopic (exact) mass is 417 g/mol. The van der Waals surface area contributed by atoms with Gasteiger partial charge in [-0.15, -0.1) is 0 Å². The van der Waals surface area contributed by atoms with Gasteiger partial charge < -0.3 is 15.0 Å². The number of alkyl carbamates (subject to hydrolysis) is 1. The van der Waals surface area contributed by atoms with Gasteiger partial charge in [-0.05, 0) is 55.6 Å². The van der Waals surface area contributed by atoms with Gasteiger partial charge in [0.2, 0.25) is 0 Å². The molecule has 1 N–H and O–H groups in total. The van der Waals surface area contributed by atoms with Crippen molar-refractivity contribution in [3.05, 3.63) is 32.5 Å². The van der Waals surface area contributed by atoms with Gasteiger partial charge in [0.05, 0.1) is 15.5 Å². The van der Waals surface area contributed by atoms with Crippen LogP contribution in [0.1, 0.15) is 33.6 Å². The molecule has 1 fully saturated rings. The van der Waals surface area contributed by atoms with E-state index in [0.717, 1.165) is 18.9 Å². The van der Waals surface area contributed by atoms with Crippen LogP contribution in [0.3, 0.4) is 0 Å². The van der Waals surface area contributed by atoms with E-state index in [0.29, 0.717) is 18.8 Å². The Bertz CT molecular complexity index is 678. The number of hydrogen-bond donors (Lipinski definition) is 1. The minimum atomic E-state index is -0.684. The van der Waals surface area contributed by atoms with Crippen LogP contribution in [0.15, 0.2) is 16.6 Å². The van der Waals surface area contributed by atoms with E-state index in [1.165, 1.54) is 6.07 Å². The number of hydrogen-bond acceptors (Lipinski definition) is 5. The maximum atomic E-state index is 13.6. The van der Waals surface area contributed by atoms with Crippen molar-refractivity contribution in [2.24, 2.45) is 0 Å². The predicted molar refractivity (Wildman–Crippen MR) is 95.4 cm³/mol. The highest BCUT2D eigenvalue weighted by Crippen LogP contribution is 2.34. The Hall–Kier alpha value is -1.90. The van der Waals surface area contributed by atoms with Gasteiger partial charge in [0.25, 0.3) is 5.69 Å². The molecule has 138 valence electrons. The number of piperidine rings is 1. The zero-order chi connectivity index (χ0) is 18.8. The van der Waals surface area contributed by atoms with Gasteiger partial charge in [-0.1, -0.05) is 0 Å². The number of nitrogens with zero attached hydrogens (tertiary/aromatic N) is 2. The number of benzene rings is 1. The predicted octanol–water partition coefficient (Wildman–Crippen LogP) is 3.99. The molecule has 1 aromatic rings. The molecule has 1 amide bonds. The van der Waals surface area contributed by atoms with Crippen molar-refractivity contribution in [3.8, 4) is 0 Å². The van der Waals surface area contributed by atoms with Crippen LogP contribution in [0.25, 0.3) is 0 Å². The van der Waals surface area contributed by atoms with E-state index >= 15 is 0 Å². The standard InChI is InChI=1S/C16H21BrFN3O4/c1-16(2,3)25-15(22)19-10-5-4-6-20(9-10)13-7-11(17)12(18)8-14(13)21(23)24/h7-8,10H,4-6,9H2,1-3H3,(H,19,22). The quantitative estimate of drug-likeness (QED) is 0.593. The average molecular weight is 418 g/mol. The van der Waals surface area contributed by atoms with E-state index in [4.69, 9.17) is 4.74 Å². The lowest BCUT2D eigenvalue weighted by atomic mass is 10.0. The number of carbonyl (C=O) groups is 1. The number of rotatable bonds is 3. The Morgan fingerprint density at radius 3 is 2.76 bits per heavy atom. The minimum Gasteiger partial charge on any atom is -0.444 e. The van der Waals surface area contributed by atoms with E-state index in [9.17, 15) is 19.3 Å². The van der Waals surface area contributed by atoms with E-state index < -0.39 is 22.4 Å². The summed E-state index contributed by atoms with van der Waals surface area (Å²) in [5.74, 6) is -0.684. The summed E-state index contributed by atoms with van der Waals surface area (Å²) in [6, 6.07) is 2.11. The van der Waals surface area contributed by atoms with Gasteiger partial charge in [-0.25, -0.2) is 9.18 Å². The first-order chi connectivity index (χ1) is 11.6. The summed E-state index contributed by atoms with van der Waals surface area (Å²) in [5, 5.41) is 14.0. The maximum absolute atomic E-state index is 13.6. The number of halogens is 2. The number of nitrogens with one attached hydrogen (secondary N) is 1. The molecule has 25 heavy (non-hydrogen) atoms. The van der Waals surface area contributed by atoms with Crippen molar-refractivity contribution in [2.75, 3.05) is 18.0 Å². The number of amides is 1.